The fourth-order valence-corrected chi connectivity index (χ4v) is 3.56. The number of aryl methyl sites for hydroxylation is 1. The Kier molecular flexibility index (Phi) is 9.17. The summed E-state index contributed by atoms with van der Waals surface area (Å²) in [5.74, 6) is -0.612. The third-order valence-corrected chi connectivity index (χ3v) is 5.71. The molecule has 12 nitrogen and oxygen atoms in total. The number of aromatic nitrogens is 4. The summed E-state index contributed by atoms with van der Waals surface area (Å²) in [4.78, 5) is 32.8. The normalized spacial score (nSPS) is 12.5. The maximum absolute atomic E-state index is 14.8. The summed E-state index contributed by atoms with van der Waals surface area (Å²) in [6.07, 6.45) is -0.221. The summed E-state index contributed by atoms with van der Waals surface area (Å²) in [5.41, 5.74) is 6.37. The van der Waals surface area contributed by atoms with Crippen LogP contribution in [0.2, 0.25) is 0 Å². The van der Waals surface area contributed by atoms with E-state index in [1.54, 1.807) is 12.1 Å². The van der Waals surface area contributed by atoms with E-state index in [0.717, 1.165) is 11.6 Å². The van der Waals surface area contributed by atoms with E-state index in [4.69, 9.17) is 24.3 Å². The first-order valence-corrected chi connectivity index (χ1v) is 12.8. The average molecular weight is 553 g/mol. The van der Waals surface area contributed by atoms with Crippen LogP contribution in [0.15, 0.2) is 51.5 Å². The zero-order chi connectivity index (χ0) is 28.6. The van der Waals surface area contributed by atoms with Crippen LogP contribution < -0.4 is 15.8 Å². The Morgan fingerprint density at radius 3 is 2.35 bits per heavy atom. The number of carbonyl (C=O) groups is 2. The summed E-state index contributed by atoms with van der Waals surface area (Å²) >= 11 is 0. The van der Waals surface area contributed by atoms with Gasteiger partial charge in [-0.3, -0.25) is 4.79 Å². The molecule has 3 N–H and O–H groups in total. The van der Waals surface area contributed by atoms with E-state index in [9.17, 15) is 14.0 Å². The summed E-state index contributed by atoms with van der Waals surface area (Å²) in [7, 11) is 0. The van der Waals surface area contributed by atoms with E-state index >= 15 is 0 Å². The lowest BCUT2D eigenvalue weighted by molar-refractivity contribution is -0.145. The second-order valence-electron chi connectivity index (χ2n) is 8.67. The highest BCUT2D eigenvalue weighted by atomic mass is 19.1. The minimum absolute atomic E-state index is 0.113. The summed E-state index contributed by atoms with van der Waals surface area (Å²) < 4.78 is 36.2. The number of carbonyl (C=O) groups excluding carboxylic acids is 2. The van der Waals surface area contributed by atoms with Crippen LogP contribution in [0, 0.1) is 5.82 Å². The topological polar surface area (TPSA) is 168 Å². The third kappa shape index (κ3) is 6.67. The number of benzene rings is 2. The van der Waals surface area contributed by atoms with Crippen LogP contribution in [0.25, 0.3) is 22.8 Å². The number of amides is 1. The summed E-state index contributed by atoms with van der Waals surface area (Å²) in [5, 5.41) is 10.1. The number of hydrogen-bond donors (Lipinski definition) is 2. The number of nitrogens with two attached hydrogens (primary N) is 1. The molecule has 4 rings (SSSR count). The second-order valence-corrected chi connectivity index (χ2v) is 8.67. The zero-order valence-electron chi connectivity index (χ0n) is 22.2. The molecule has 0 bridgehead atoms. The zero-order valence-corrected chi connectivity index (χ0v) is 22.2. The Labute approximate surface area is 229 Å². The number of rotatable bonds is 12. The van der Waals surface area contributed by atoms with Gasteiger partial charge in [0.1, 0.15) is 11.6 Å². The molecule has 0 aliphatic carbocycles. The first-order valence-electron chi connectivity index (χ1n) is 12.8. The maximum atomic E-state index is 14.8. The monoisotopic (exact) mass is 552 g/mol. The van der Waals surface area contributed by atoms with Crippen molar-refractivity contribution in [3.63, 3.8) is 0 Å². The molecule has 0 spiro atoms. The number of halogens is 1. The van der Waals surface area contributed by atoms with E-state index in [1.807, 2.05) is 32.9 Å². The van der Waals surface area contributed by atoms with Gasteiger partial charge >= 0.3 is 5.97 Å². The molecule has 0 radical (unpaired) electrons. The number of esters is 1. The molecule has 0 saturated carbocycles. The van der Waals surface area contributed by atoms with Gasteiger partial charge in [0.05, 0.1) is 12.2 Å². The lowest BCUT2D eigenvalue weighted by atomic mass is 10.1. The molecule has 40 heavy (non-hydrogen) atoms. The molecule has 13 heteroatoms. The van der Waals surface area contributed by atoms with Gasteiger partial charge in [-0.05, 0) is 49.2 Å². The van der Waals surface area contributed by atoms with Gasteiger partial charge in [0.2, 0.25) is 17.5 Å². The van der Waals surface area contributed by atoms with E-state index in [2.05, 4.69) is 25.6 Å². The third-order valence-electron chi connectivity index (χ3n) is 5.71. The van der Waals surface area contributed by atoms with Crippen molar-refractivity contribution in [1.29, 1.82) is 0 Å². The molecule has 1 amide bonds. The fourth-order valence-electron chi connectivity index (χ4n) is 3.56. The number of ether oxygens (including phenoxy) is 2. The predicted octanol–water partition coefficient (Wildman–Crippen LogP) is 3.99. The Morgan fingerprint density at radius 2 is 1.70 bits per heavy atom. The molecule has 2 atom stereocenters. The van der Waals surface area contributed by atoms with Crippen molar-refractivity contribution < 1.29 is 32.5 Å². The quantitative estimate of drug-likeness (QED) is 0.192. The van der Waals surface area contributed by atoms with Gasteiger partial charge in [-0.15, -0.1) is 0 Å². The van der Waals surface area contributed by atoms with Crippen molar-refractivity contribution >= 4 is 11.9 Å². The fraction of sp³-hybridized carbons (Fsp3) is 0.333. The van der Waals surface area contributed by atoms with Crippen molar-refractivity contribution in [2.24, 2.45) is 5.73 Å². The van der Waals surface area contributed by atoms with Crippen molar-refractivity contribution in [2.75, 3.05) is 6.61 Å². The van der Waals surface area contributed by atoms with E-state index in [-0.39, 0.29) is 29.4 Å². The number of hydrogen-bond acceptors (Lipinski definition) is 11. The first kappa shape index (κ1) is 28.4. The molecule has 0 aliphatic rings. The number of nitrogens with zero attached hydrogens (tertiary/aromatic N) is 4. The SMILES string of the molecule is CCCOC(=O)[C@@H](N)NC(=O)c1ccc(-c2noc(C(CC)Oc3ccc(-c4noc(CC)n4)cc3)n2)cc1F. The average Bonchev–Trinajstić information content (AvgIpc) is 3.65. The molecule has 210 valence electrons. The van der Waals surface area contributed by atoms with Gasteiger partial charge in [-0.25, -0.2) is 9.18 Å². The molecule has 2 aromatic heterocycles. The van der Waals surface area contributed by atoms with E-state index in [1.165, 1.54) is 12.1 Å². The van der Waals surface area contributed by atoms with Crippen LogP contribution in [0.1, 0.15) is 61.9 Å². The van der Waals surface area contributed by atoms with Crippen molar-refractivity contribution in [2.45, 2.75) is 52.3 Å². The lowest BCUT2D eigenvalue weighted by Crippen LogP contribution is -2.48. The molecule has 4 aromatic rings. The van der Waals surface area contributed by atoms with Crippen molar-refractivity contribution in [3.8, 4) is 28.5 Å². The van der Waals surface area contributed by atoms with Gasteiger partial charge < -0.3 is 29.6 Å². The smallest absolute Gasteiger partial charge is 0.343 e. The van der Waals surface area contributed by atoms with Crippen LogP contribution in [-0.4, -0.2) is 44.9 Å². The van der Waals surface area contributed by atoms with Gasteiger partial charge in [-0.1, -0.05) is 37.2 Å². The van der Waals surface area contributed by atoms with E-state index in [0.29, 0.717) is 36.7 Å². The van der Waals surface area contributed by atoms with Crippen LogP contribution in [0.4, 0.5) is 4.39 Å². The molecule has 0 saturated heterocycles. The Bertz CT molecular complexity index is 1450. The van der Waals surface area contributed by atoms with Crippen LogP contribution >= 0.6 is 0 Å². The molecule has 0 fully saturated rings. The van der Waals surface area contributed by atoms with Crippen LogP contribution in [0.3, 0.4) is 0 Å². The van der Waals surface area contributed by atoms with Crippen LogP contribution in [0.5, 0.6) is 5.75 Å². The number of nitrogens with one attached hydrogen (secondary N) is 1. The first-order chi connectivity index (χ1) is 19.3. The lowest BCUT2D eigenvalue weighted by Gasteiger charge is -2.13. The van der Waals surface area contributed by atoms with Crippen molar-refractivity contribution in [1.82, 2.24) is 25.6 Å². The summed E-state index contributed by atoms with van der Waals surface area (Å²) in [6.45, 7) is 5.80. The van der Waals surface area contributed by atoms with Gasteiger partial charge in [0.15, 0.2) is 12.3 Å². The maximum Gasteiger partial charge on any atom is 0.343 e. The van der Waals surface area contributed by atoms with Crippen molar-refractivity contribution in [3.05, 3.63) is 65.6 Å². The predicted molar refractivity (Wildman–Crippen MR) is 139 cm³/mol. The van der Waals surface area contributed by atoms with E-state index < -0.39 is 30.0 Å². The highest BCUT2D eigenvalue weighted by Crippen LogP contribution is 2.28. The second kappa shape index (κ2) is 12.9. The molecule has 1 unspecified atom stereocenters. The summed E-state index contributed by atoms with van der Waals surface area (Å²) in [6, 6.07) is 10.9. The van der Waals surface area contributed by atoms with Crippen LogP contribution in [-0.2, 0) is 16.0 Å². The minimum atomic E-state index is -1.42. The highest BCUT2D eigenvalue weighted by Gasteiger charge is 2.23. The molecular weight excluding hydrogens is 523 g/mol. The largest absolute Gasteiger partial charge is 0.481 e. The Balaban J connectivity index is 1.42. The Hall–Kier alpha value is -4.65. The molecule has 2 aromatic carbocycles. The standard InChI is InChI=1S/C27H29FN6O6/c1-4-13-37-27(36)22(29)31-25(35)18-12-9-16(14-19(18)28)24-32-26(40-34-24)20(5-2)38-17-10-7-15(8-11-17)23-30-21(6-3)39-33-23/h7-12,14,20,22H,4-6,13,29H2,1-3H3,(H,31,35)/t20?,22-/m0/s1. The van der Waals surface area contributed by atoms with Gasteiger partial charge in [0, 0.05) is 17.5 Å². The molecule has 2 heterocycles. The molecular formula is C27H29FN6O6. The highest BCUT2D eigenvalue weighted by molar-refractivity contribution is 5.97. The van der Waals surface area contributed by atoms with Gasteiger partial charge in [0.25, 0.3) is 11.8 Å². The minimum Gasteiger partial charge on any atom is -0.481 e. The Morgan fingerprint density at radius 1 is 1.00 bits per heavy atom. The molecule has 0 aliphatic heterocycles. The van der Waals surface area contributed by atoms with Gasteiger partial charge in [-0.2, -0.15) is 9.97 Å².